The van der Waals surface area contributed by atoms with Crippen LogP contribution in [0, 0.1) is 5.41 Å². The Balaban J connectivity index is 1.95. The van der Waals surface area contributed by atoms with Crippen LogP contribution in [-0.4, -0.2) is 4.57 Å². The van der Waals surface area contributed by atoms with Crippen molar-refractivity contribution in [3.63, 3.8) is 0 Å². The van der Waals surface area contributed by atoms with Crippen molar-refractivity contribution in [2.24, 2.45) is 0 Å². The first kappa shape index (κ1) is 12.2. The maximum Gasteiger partial charge on any atom is 0.182 e. The fourth-order valence-corrected chi connectivity index (χ4v) is 3.85. The van der Waals surface area contributed by atoms with E-state index in [-0.39, 0.29) is 0 Å². The third kappa shape index (κ3) is 2.31. The average Bonchev–Trinajstić information content (AvgIpc) is 2.69. The number of nitrogens with zero attached hydrogens (tertiary/aromatic N) is 1. The summed E-state index contributed by atoms with van der Waals surface area (Å²) in [6.45, 7) is 0.831. The van der Waals surface area contributed by atoms with E-state index in [0.29, 0.717) is 4.80 Å². The molecule has 2 nitrogen and oxygen atoms in total. The van der Waals surface area contributed by atoms with Gasteiger partial charge in [-0.2, -0.15) is 0 Å². The minimum Gasteiger partial charge on any atom is -0.317 e. The molecular weight excluding hydrogens is 308 g/mol. The molecule has 0 fully saturated rings. The Hall–Kier alpha value is -0.870. The van der Waals surface area contributed by atoms with E-state index in [1.54, 1.807) is 11.3 Å². The molecule has 0 aliphatic heterocycles. The number of hydrogen-bond acceptors (Lipinski definition) is 2. The van der Waals surface area contributed by atoms with Crippen LogP contribution in [0.2, 0.25) is 0 Å². The van der Waals surface area contributed by atoms with Gasteiger partial charge in [0.05, 0.1) is 6.54 Å². The van der Waals surface area contributed by atoms with Crippen molar-refractivity contribution in [2.45, 2.75) is 32.2 Å². The largest absolute Gasteiger partial charge is 0.317 e. The lowest BCUT2D eigenvalue weighted by Gasteiger charge is -2.14. The van der Waals surface area contributed by atoms with E-state index in [9.17, 15) is 0 Å². The Bertz CT molecular complexity index is 610. The number of fused-ring (bicyclic) bond motifs is 1. The van der Waals surface area contributed by atoms with Gasteiger partial charge < -0.3 is 4.57 Å². The summed E-state index contributed by atoms with van der Waals surface area (Å²) in [7, 11) is 0. The molecular formula is C14H15BrN2S. The number of aromatic nitrogens is 1. The van der Waals surface area contributed by atoms with E-state index in [2.05, 4.69) is 44.8 Å². The van der Waals surface area contributed by atoms with E-state index in [0.717, 1.165) is 17.4 Å². The first-order valence-electron chi connectivity index (χ1n) is 6.24. The Labute approximate surface area is 119 Å². The molecule has 1 aliphatic rings. The predicted octanol–water partition coefficient (Wildman–Crippen LogP) is 3.72. The van der Waals surface area contributed by atoms with Gasteiger partial charge in [-0.05, 0) is 43.4 Å². The van der Waals surface area contributed by atoms with Gasteiger partial charge in [-0.3, -0.25) is 5.41 Å². The number of aryl methyl sites for hydroxylation is 1. The summed E-state index contributed by atoms with van der Waals surface area (Å²) in [6, 6.07) is 8.39. The summed E-state index contributed by atoms with van der Waals surface area (Å²) in [5, 5.41) is 8.13. The molecule has 0 unspecified atom stereocenters. The molecule has 1 aromatic carbocycles. The van der Waals surface area contributed by atoms with Crippen molar-refractivity contribution < 1.29 is 0 Å². The van der Waals surface area contributed by atoms with E-state index in [4.69, 9.17) is 5.41 Å². The molecule has 94 valence electrons. The lowest BCUT2D eigenvalue weighted by atomic mass is 10.0. The number of nitrogens with one attached hydrogen (secondary N) is 1. The minimum atomic E-state index is 0.699. The van der Waals surface area contributed by atoms with Crippen LogP contribution in [0.3, 0.4) is 0 Å². The second kappa shape index (κ2) is 5.02. The molecule has 1 N–H and O–H groups in total. The molecule has 0 atom stereocenters. The van der Waals surface area contributed by atoms with E-state index < -0.39 is 0 Å². The normalized spacial score (nSPS) is 14.5. The lowest BCUT2D eigenvalue weighted by molar-refractivity contribution is 0.619. The molecule has 0 spiro atoms. The average molecular weight is 323 g/mol. The second-order valence-electron chi connectivity index (χ2n) is 4.70. The van der Waals surface area contributed by atoms with Gasteiger partial charge >= 0.3 is 0 Å². The van der Waals surface area contributed by atoms with Crippen LogP contribution in [0.5, 0.6) is 0 Å². The minimum absolute atomic E-state index is 0.699. The molecule has 1 aliphatic carbocycles. The van der Waals surface area contributed by atoms with Crippen LogP contribution in [0.4, 0.5) is 0 Å². The van der Waals surface area contributed by atoms with Crippen molar-refractivity contribution in [1.29, 1.82) is 5.41 Å². The zero-order valence-electron chi connectivity index (χ0n) is 10.1. The van der Waals surface area contributed by atoms with Crippen molar-refractivity contribution in [1.82, 2.24) is 4.57 Å². The van der Waals surface area contributed by atoms with Crippen molar-refractivity contribution in [2.75, 3.05) is 0 Å². The molecule has 3 rings (SSSR count). The van der Waals surface area contributed by atoms with Gasteiger partial charge in [0.2, 0.25) is 0 Å². The van der Waals surface area contributed by atoms with Gasteiger partial charge in [0.15, 0.2) is 4.80 Å². The molecule has 18 heavy (non-hydrogen) atoms. The second-order valence-corrected chi connectivity index (χ2v) is 6.70. The Morgan fingerprint density at radius 2 is 1.89 bits per heavy atom. The maximum absolute atomic E-state index is 8.13. The molecule has 0 saturated carbocycles. The summed E-state index contributed by atoms with van der Waals surface area (Å²) < 4.78 is 3.29. The Morgan fingerprint density at radius 3 is 2.67 bits per heavy atom. The number of hydrogen-bond donors (Lipinski definition) is 1. The zero-order chi connectivity index (χ0) is 12.5. The van der Waals surface area contributed by atoms with Crippen LogP contribution in [0.15, 0.2) is 28.7 Å². The Morgan fingerprint density at radius 1 is 1.17 bits per heavy atom. The first-order chi connectivity index (χ1) is 8.74. The van der Waals surface area contributed by atoms with Crippen molar-refractivity contribution in [3.05, 3.63) is 49.7 Å². The van der Waals surface area contributed by atoms with Gasteiger partial charge in [-0.1, -0.05) is 28.1 Å². The molecule has 0 saturated heterocycles. The highest BCUT2D eigenvalue weighted by Gasteiger charge is 2.16. The first-order valence-corrected chi connectivity index (χ1v) is 7.85. The zero-order valence-corrected chi connectivity index (χ0v) is 12.5. The van der Waals surface area contributed by atoms with Gasteiger partial charge in [0.1, 0.15) is 0 Å². The van der Waals surface area contributed by atoms with Crippen LogP contribution in [0.1, 0.15) is 29.0 Å². The highest BCUT2D eigenvalue weighted by Crippen LogP contribution is 2.24. The third-order valence-electron chi connectivity index (χ3n) is 3.43. The number of thiazole rings is 1. The molecule has 1 heterocycles. The molecule has 0 bridgehead atoms. The molecule has 0 radical (unpaired) electrons. The molecule has 2 aromatic rings. The predicted molar refractivity (Wildman–Crippen MR) is 78.0 cm³/mol. The van der Waals surface area contributed by atoms with Crippen LogP contribution in [0.25, 0.3) is 0 Å². The smallest absolute Gasteiger partial charge is 0.182 e. The maximum atomic E-state index is 8.13. The Kier molecular flexibility index (Phi) is 3.39. The summed E-state index contributed by atoms with van der Waals surface area (Å²) >= 11 is 5.12. The topological polar surface area (TPSA) is 28.8 Å². The summed E-state index contributed by atoms with van der Waals surface area (Å²) in [5.74, 6) is 0. The van der Waals surface area contributed by atoms with E-state index >= 15 is 0 Å². The number of halogens is 1. The number of rotatable bonds is 2. The summed E-state index contributed by atoms with van der Waals surface area (Å²) in [5.41, 5.74) is 2.67. The summed E-state index contributed by atoms with van der Waals surface area (Å²) in [6.07, 6.45) is 4.86. The fourth-order valence-electron chi connectivity index (χ4n) is 2.49. The van der Waals surface area contributed by atoms with Gasteiger partial charge in [-0.25, -0.2) is 0 Å². The third-order valence-corrected chi connectivity index (χ3v) is 5.06. The SMILES string of the molecule is N=c1sc2c(n1Cc1ccc(Br)cc1)CCCC2. The standard InChI is InChI=1S/C14H15BrN2S/c15-11-7-5-10(6-8-11)9-17-12-3-1-2-4-13(12)18-14(17)16/h5-8,16H,1-4,9H2. The van der Waals surface area contributed by atoms with Gasteiger partial charge in [-0.15, -0.1) is 11.3 Å². The molecule has 0 amide bonds. The van der Waals surface area contributed by atoms with E-state index in [1.165, 1.54) is 35.4 Å². The van der Waals surface area contributed by atoms with Crippen LogP contribution in [-0.2, 0) is 19.4 Å². The van der Waals surface area contributed by atoms with Crippen molar-refractivity contribution in [3.8, 4) is 0 Å². The van der Waals surface area contributed by atoms with Gasteiger partial charge in [0, 0.05) is 15.0 Å². The highest BCUT2D eigenvalue weighted by molar-refractivity contribution is 9.10. The summed E-state index contributed by atoms with van der Waals surface area (Å²) in [4.78, 5) is 2.13. The van der Waals surface area contributed by atoms with Crippen molar-refractivity contribution >= 4 is 27.3 Å². The molecule has 4 heteroatoms. The molecule has 1 aromatic heterocycles. The quantitative estimate of drug-likeness (QED) is 0.873. The highest BCUT2D eigenvalue weighted by atomic mass is 79.9. The van der Waals surface area contributed by atoms with Crippen LogP contribution >= 0.6 is 27.3 Å². The monoisotopic (exact) mass is 322 g/mol. The van der Waals surface area contributed by atoms with Gasteiger partial charge in [0.25, 0.3) is 0 Å². The van der Waals surface area contributed by atoms with Crippen LogP contribution < -0.4 is 4.80 Å². The fraction of sp³-hybridized carbons (Fsp3) is 0.357. The van der Waals surface area contributed by atoms with E-state index in [1.807, 2.05) is 0 Å². The lowest BCUT2D eigenvalue weighted by Crippen LogP contribution is -2.18. The number of benzene rings is 1.